The average molecular weight is 442 g/mol. The first-order chi connectivity index (χ1) is 14.3. The van der Waals surface area contributed by atoms with Crippen molar-refractivity contribution in [3.05, 3.63) is 59.7 Å². The fourth-order valence-electron chi connectivity index (χ4n) is 3.65. The van der Waals surface area contributed by atoms with E-state index >= 15 is 0 Å². The predicted molar refractivity (Wildman–Crippen MR) is 127 cm³/mol. The van der Waals surface area contributed by atoms with Crippen LogP contribution < -0.4 is 10.6 Å². The molecule has 2 N–H and O–H groups in total. The molecule has 2 atom stereocenters. The topological polar surface area (TPSA) is 87.7 Å². The number of hydrogen-bond acceptors (Lipinski definition) is 4. The molecule has 3 amide bonds. The van der Waals surface area contributed by atoms with Crippen LogP contribution in [0.15, 0.2) is 48.5 Å². The lowest BCUT2D eigenvalue weighted by Gasteiger charge is -2.25. The summed E-state index contributed by atoms with van der Waals surface area (Å²) < 4.78 is 5.57. The van der Waals surface area contributed by atoms with Crippen molar-refractivity contribution < 1.29 is 19.1 Å². The van der Waals surface area contributed by atoms with Crippen LogP contribution >= 0.6 is 0 Å². The Morgan fingerprint density at radius 2 is 1.44 bits per heavy atom. The molecule has 3 rings (SSSR count). The summed E-state index contributed by atoms with van der Waals surface area (Å²) in [6.45, 7) is 3.35. The quantitative estimate of drug-likeness (QED) is 0.714. The Morgan fingerprint density at radius 3 is 1.94 bits per heavy atom. The zero-order valence-corrected chi connectivity index (χ0v) is 17.6. The Balaban J connectivity index is 0.00000256. The minimum absolute atomic E-state index is 0. The number of fused-ring (bicyclic) bond motifs is 3. The summed E-state index contributed by atoms with van der Waals surface area (Å²) in [6, 6.07) is 14.7. The highest BCUT2D eigenvalue weighted by molar-refractivity contribution is 5.90. The van der Waals surface area contributed by atoms with E-state index in [1.807, 2.05) is 36.4 Å². The zero-order chi connectivity index (χ0) is 21.8. The summed E-state index contributed by atoms with van der Waals surface area (Å²) in [5, 5.41) is 5.06. The van der Waals surface area contributed by atoms with Gasteiger partial charge in [-0.2, -0.15) is 0 Å². The van der Waals surface area contributed by atoms with E-state index in [0.717, 1.165) is 22.3 Å². The maximum Gasteiger partial charge on any atom is 0.410 e. The van der Waals surface area contributed by atoms with Crippen LogP contribution in [0.5, 0.6) is 0 Å². The molecule has 32 heavy (non-hydrogen) atoms. The minimum Gasteiger partial charge on any atom is -0.448 e. The molecule has 0 aliphatic heterocycles. The molecule has 0 saturated heterocycles. The molecule has 2 aromatic rings. The van der Waals surface area contributed by atoms with Crippen molar-refractivity contribution in [1.82, 2.24) is 15.5 Å². The number of carbonyl (C=O) groups excluding carboxylic acids is 3. The SMILES string of the molecule is C.C.CNC(=O)C(C)NC(=O)C(C)N(C)C(=O)OCC1c2ccccc2-c2ccccc21. The lowest BCUT2D eigenvalue weighted by molar-refractivity contribution is -0.130. The van der Waals surface area contributed by atoms with Gasteiger partial charge in [0.15, 0.2) is 0 Å². The van der Waals surface area contributed by atoms with E-state index in [-0.39, 0.29) is 33.3 Å². The van der Waals surface area contributed by atoms with Crippen molar-refractivity contribution in [2.75, 3.05) is 20.7 Å². The highest BCUT2D eigenvalue weighted by Gasteiger charge is 2.31. The number of benzene rings is 2. The van der Waals surface area contributed by atoms with E-state index in [4.69, 9.17) is 4.74 Å². The van der Waals surface area contributed by atoms with Crippen LogP contribution in [0.3, 0.4) is 0 Å². The van der Waals surface area contributed by atoms with Crippen molar-refractivity contribution in [2.45, 2.75) is 46.7 Å². The van der Waals surface area contributed by atoms with Gasteiger partial charge in [0, 0.05) is 20.0 Å². The van der Waals surface area contributed by atoms with Gasteiger partial charge in [-0.3, -0.25) is 14.5 Å². The maximum absolute atomic E-state index is 12.6. The number of amides is 3. The number of nitrogens with zero attached hydrogens (tertiary/aromatic N) is 1. The maximum atomic E-state index is 12.6. The Labute approximate surface area is 191 Å². The van der Waals surface area contributed by atoms with E-state index in [1.165, 1.54) is 19.0 Å². The Hall–Kier alpha value is -3.35. The molecule has 7 heteroatoms. The molecule has 0 bridgehead atoms. The fraction of sp³-hybridized carbons (Fsp3) is 0.400. The summed E-state index contributed by atoms with van der Waals surface area (Å²) in [5.74, 6) is -0.784. The van der Waals surface area contributed by atoms with Crippen LogP contribution in [-0.2, 0) is 14.3 Å². The fourth-order valence-corrected chi connectivity index (χ4v) is 3.65. The highest BCUT2D eigenvalue weighted by atomic mass is 16.6. The second-order valence-electron chi connectivity index (χ2n) is 7.44. The molecule has 1 aliphatic carbocycles. The average Bonchev–Trinajstić information content (AvgIpc) is 3.09. The monoisotopic (exact) mass is 441 g/mol. The largest absolute Gasteiger partial charge is 0.448 e. The predicted octanol–water partition coefficient (Wildman–Crippen LogP) is 3.78. The molecule has 0 heterocycles. The number of hydrogen-bond donors (Lipinski definition) is 2. The summed E-state index contributed by atoms with van der Waals surface area (Å²) in [6.07, 6.45) is -0.591. The third-order valence-electron chi connectivity index (χ3n) is 5.58. The highest BCUT2D eigenvalue weighted by Crippen LogP contribution is 2.44. The van der Waals surface area contributed by atoms with Crippen molar-refractivity contribution >= 4 is 17.9 Å². The number of nitrogens with one attached hydrogen (secondary N) is 2. The van der Waals surface area contributed by atoms with Gasteiger partial charge in [0.05, 0.1) is 0 Å². The third-order valence-corrected chi connectivity index (χ3v) is 5.58. The molecular formula is C25H35N3O4. The summed E-state index contributed by atoms with van der Waals surface area (Å²) in [4.78, 5) is 37.8. The first-order valence-electron chi connectivity index (χ1n) is 9.95. The van der Waals surface area contributed by atoms with Gasteiger partial charge in [-0.15, -0.1) is 0 Å². The lowest BCUT2D eigenvalue weighted by atomic mass is 9.98. The Bertz CT molecular complexity index is 914. The molecule has 2 unspecified atom stereocenters. The van der Waals surface area contributed by atoms with Crippen LogP contribution in [0.1, 0.15) is 45.7 Å². The molecule has 1 aliphatic rings. The number of likely N-dealkylation sites (N-methyl/N-ethyl adjacent to an activating group) is 2. The summed E-state index contributed by atoms with van der Waals surface area (Å²) in [5.41, 5.74) is 4.55. The van der Waals surface area contributed by atoms with E-state index in [9.17, 15) is 14.4 Å². The zero-order valence-electron chi connectivity index (χ0n) is 17.6. The molecule has 0 radical (unpaired) electrons. The van der Waals surface area contributed by atoms with Crippen LogP contribution in [0.4, 0.5) is 4.79 Å². The Morgan fingerprint density at radius 1 is 0.938 bits per heavy atom. The van der Waals surface area contributed by atoms with E-state index < -0.39 is 24.1 Å². The van der Waals surface area contributed by atoms with Crippen LogP contribution in [-0.4, -0.2) is 55.6 Å². The summed E-state index contributed by atoms with van der Waals surface area (Å²) in [7, 11) is 3.00. The van der Waals surface area contributed by atoms with Gasteiger partial charge in [0.25, 0.3) is 0 Å². The molecule has 0 spiro atoms. The van der Waals surface area contributed by atoms with E-state index in [0.29, 0.717) is 0 Å². The van der Waals surface area contributed by atoms with Crippen LogP contribution in [0, 0.1) is 0 Å². The van der Waals surface area contributed by atoms with Gasteiger partial charge < -0.3 is 15.4 Å². The molecule has 0 fully saturated rings. The van der Waals surface area contributed by atoms with Gasteiger partial charge in [-0.25, -0.2) is 4.79 Å². The summed E-state index contributed by atoms with van der Waals surface area (Å²) >= 11 is 0. The van der Waals surface area contributed by atoms with Crippen molar-refractivity contribution in [3.63, 3.8) is 0 Å². The van der Waals surface area contributed by atoms with Gasteiger partial charge >= 0.3 is 6.09 Å². The minimum atomic E-state index is -0.784. The first-order valence-corrected chi connectivity index (χ1v) is 9.95. The van der Waals surface area contributed by atoms with Crippen molar-refractivity contribution in [3.8, 4) is 11.1 Å². The molecule has 7 nitrogen and oxygen atoms in total. The molecule has 0 saturated carbocycles. The van der Waals surface area contributed by atoms with Crippen LogP contribution in [0.25, 0.3) is 11.1 Å². The molecule has 2 aromatic carbocycles. The van der Waals surface area contributed by atoms with Gasteiger partial charge in [0.1, 0.15) is 18.7 Å². The lowest BCUT2D eigenvalue weighted by Crippen LogP contribution is -2.51. The smallest absolute Gasteiger partial charge is 0.410 e. The second-order valence-corrected chi connectivity index (χ2v) is 7.44. The number of carbonyl (C=O) groups is 3. The molecule has 0 aromatic heterocycles. The van der Waals surface area contributed by atoms with Crippen molar-refractivity contribution in [2.24, 2.45) is 0 Å². The van der Waals surface area contributed by atoms with Gasteiger partial charge in [-0.05, 0) is 36.1 Å². The van der Waals surface area contributed by atoms with E-state index in [1.54, 1.807) is 13.8 Å². The van der Waals surface area contributed by atoms with Gasteiger partial charge in [0.2, 0.25) is 11.8 Å². The normalized spacial score (nSPS) is 13.2. The van der Waals surface area contributed by atoms with Crippen molar-refractivity contribution in [1.29, 1.82) is 0 Å². The van der Waals surface area contributed by atoms with Crippen LogP contribution in [0.2, 0.25) is 0 Å². The first kappa shape index (κ1) is 26.7. The Kier molecular flexibility index (Phi) is 9.44. The van der Waals surface area contributed by atoms with E-state index in [2.05, 4.69) is 22.8 Å². The second kappa shape index (κ2) is 11.3. The number of ether oxygens (including phenoxy) is 1. The third kappa shape index (κ3) is 5.28. The standard InChI is InChI=1S/C23H27N3O4.2CH4/c1-14(21(27)24-3)25-22(28)15(2)26(4)23(29)30-13-20-18-11-7-5-9-16(18)17-10-6-8-12-19(17)20;;/h5-12,14-15,20H,13H2,1-4H3,(H,24,27)(H,25,28);2*1H4. The molecular weight excluding hydrogens is 406 g/mol. The number of rotatable bonds is 6. The van der Waals surface area contributed by atoms with Gasteiger partial charge in [-0.1, -0.05) is 63.4 Å². The molecule has 174 valence electrons.